The lowest BCUT2D eigenvalue weighted by molar-refractivity contribution is -0.122. The average molecular weight is 429 g/mol. The van der Waals surface area contributed by atoms with Gasteiger partial charge in [-0.25, -0.2) is 9.78 Å². The zero-order valence-corrected chi connectivity index (χ0v) is 18.5. The van der Waals surface area contributed by atoms with Crippen molar-refractivity contribution in [1.29, 1.82) is 0 Å². The molecule has 1 aromatic heterocycles. The van der Waals surface area contributed by atoms with Gasteiger partial charge >= 0.3 is 6.09 Å². The van der Waals surface area contributed by atoms with Crippen molar-refractivity contribution in [1.82, 2.24) is 20.2 Å². The van der Waals surface area contributed by atoms with Crippen LogP contribution in [-0.4, -0.2) is 39.7 Å². The number of para-hydroxylation sites is 1. The largest absolute Gasteiger partial charge is 0.444 e. The Kier molecular flexibility index (Phi) is 7.30. The first-order chi connectivity index (χ1) is 14.7. The normalized spacial score (nSPS) is 19.1. The monoisotopic (exact) mass is 428 g/mol. The van der Waals surface area contributed by atoms with Gasteiger partial charge in [0.05, 0.1) is 17.2 Å². The van der Waals surface area contributed by atoms with Crippen LogP contribution in [0.5, 0.6) is 0 Å². The van der Waals surface area contributed by atoms with Gasteiger partial charge in [0.15, 0.2) is 0 Å². The molecule has 1 saturated carbocycles. The summed E-state index contributed by atoms with van der Waals surface area (Å²) in [7, 11) is 0. The van der Waals surface area contributed by atoms with Crippen molar-refractivity contribution in [2.75, 3.05) is 6.54 Å². The van der Waals surface area contributed by atoms with Crippen molar-refractivity contribution in [3.63, 3.8) is 0 Å². The SMILES string of the molecule is CC(C)(C)OC(=O)NC[C@@H]1CCCC[C@H]1NC(=O)CCn1cnc2ccccc2c1=O. The molecule has 0 radical (unpaired) electrons. The molecule has 0 spiro atoms. The Morgan fingerprint density at radius 2 is 1.94 bits per heavy atom. The summed E-state index contributed by atoms with van der Waals surface area (Å²) in [5.74, 6) is 0.0597. The van der Waals surface area contributed by atoms with E-state index in [1.54, 1.807) is 18.2 Å². The minimum absolute atomic E-state index is 0.00244. The number of benzene rings is 1. The van der Waals surface area contributed by atoms with E-state index < -0.39 is 11.7 Å². The molecule has 1 aromatic carbocycles. The van der Waals surface area contributed by atoms with E-state index in [0.717, 1.165) is 25.7 Å². The lowest BCUT2D eigenvalue weighted by atomic mass is 9.84. The Balaban J connectivity index is 1.53. The lowest BCUT2D eigenvalue weighted by Gasteiger charge is -2.32. The number of aromatic nitrogens is 2. The first kappa shape index (κ1) is 22.8. The predicted octanol–water partition coefficient (Wildman–Crippen LogP) is 2.99. The molecule has 2 atom stereocenters. The summed E-state index contributed by atoms with van der Waals surface area (Å²) in [6.45, 7) is 6.22. The van der Waals surface area contributed by atoms with E-state index >= 15 is 0 Å². The molecule has 1 aliphatic rings. The van der Waals surface area contributed by atoms with Crippen LogP contribution in [0.15, 0.2) is 35.4 Å². The predicted molar refractivity (Wildman–Crippen MR) is 119 cm³/mol. The van der Waals surface area contributed by atoms with E-state index in [9.17, 15) is 14.4 Å². The maximum atomic E-state index is 12.6. The third kappa shape index (κ3) is 6.54. The molecule has 3 rings (SSSR count). The Morgan fingerprint density at radius 3 is 2.71 bits per heavy atom. The number of amides is 2. The third-order valence-electron chi connectivity index (χ3n) is 5.47. The van der Waals surface area contributed by atoms with Crippen molar-refractivity contribution in [2.45, 2.75) is 71.1 Å². The maximum absolute atomic E-state index is 12.6. The molecule has 8 heteroatoms. The van der Waals surface area contributed by atoms with Crippen molar-refractivity contribution >= 4 is 22.9 Å². The number of alkyl carbamates (subject to hydrolysis) is 1. The van der Waals surface area contributed by atoms with Gasteiger partial charge in [0.1, 0.15) is 5.60 Å². The van der Waals surface area contributed by atoms with E-state index in [4.69, 9.17) is 4.74 Å². The average Bonchev–Trinajstić information content (AvgIpc) is 2.71. The molecule has 1 heterocycles. The number of aryl methyl sites for hydroxylation is 1. The van der Waals surface area contributed by atoms with E-state index in [-0.39, 0.29) is 36.4 Å². The minimum Gasteiger partial charge on any atom is -0.444 e. The number of hydrogen-bond donors (Lipinski definition) is 2. The van der Waals surface area contributed by atoms with Crippen molar-refractivity contribution in [2.24, 2.45) is 5.92 Å². The summed E-state index contributed by atoms with van der Waals surface area (Å²) in [5.41, 5.74) is -0.0359. The van der Waals surface area contributed by atoms with Crippen LogP contribution in [0.4, 0.5) is 4.79 Å². The quantitative estimate of drug-likeness (QED) is 0.736. The third-order valence-corrected chi connectivity index (χ3v) is 5.47. The summed E-state index contributed by atoms with van der Waals surface area (Å²) in [5, 5.41) is 6.48. The fourth-order valence-corrected chi connectivity index (χ4v) is 3.94. The van der Waals surface area contributed by atoms with Gasteiger partial charge in [0.2, 0.25) is 5.91 Å². The van der Waals surface area contributed by atoms with E-state index in [2.05, 4.69) is 15.6 Å². The topological polar surface area (TPSA) is 102 Å². The molecule has 0 aliphatic heterocycles. The number of carbonyl (C=O) groups excluding carboxylic acids is 2. The highest BCUT2D eigenvalue weighted by molar-refractivity contribution is 5.77. The molecular formula is C23H32N4O4. The van der Waals surface area contributed by atoms with Crippen LogP contribution in [0.25, 0.3) is 10.9 Å². The standard InChI is InChI=1S/C23H32N4O4/c1-23(2,3)31-22(30)24-14-16-8-4-6-10-18(16)26-20(28)12-13-27-15-25-19-11-7-5-9-17(19)21(27)29/h5,7,9,11,15-16,18H,4,6,8,10,12-14H2,1-3H3,(H,24,30)(H,26,28)/t16-,18+/m0/s1. The van der Waals surface area contributed by atoms with E-state index in [0.29, 0.717) is 17.4 Å². The highest BCUT2D eigenvalue weighted by atomic mass is 16.6. The summed E-state index contributed by atoms with van der Waals surface area (Å²) >= 11 is 0. The van der Waals surface area contributed by atoms with Gasteiger partial charge in [-0.3, -0.25) is 14.2 Å². The van der Waals surface area contributed by atoms with Gasteiger partial charge < -0.3 is 15.4 Å². The fraction of sp³-hybridized carbons (Fsp3) is 0.565. The molecule has 0 saturated heterocycles. The number of nitrogens with zero attached hydrogens (tertiary/aromatic N) is 2. The van der Waals surface area contributed by atoms with Gasteiger partial charge in [-0.2, -0.15) is 0 Å². The van der Waals surface area contributed by atoms with Gasteiger partial charge in [-0.1, -0.05) is 25.0 Å². The Hall–Kier alpha value is -2.90. The molecule has 0 bridgehead atoms. The summed E-state index contributed by atoms with van der Waals surface area (Å²) in [6, 6.07) is 7.18. The summed E-state index contributed by atoms with van der Waals surface area (Å²) in [4.78, 5) is 41.4. The molecule has 31 heavy (non-hydrogen) atoms. The fourth-order valence-electron chi connectivity index (χ4n) is 3.94. The van der Waals surface area contributed by atoms with Crippen LogP contribution in [0.1, 0.15) is 52.9 Å². The van der Waals surface area contributed by atoms with Gasteiger partial charge in [0.25, 0.3) is 5.56 Å². The molecule has 168 valence electrons. The second kappa shape index (κ2) is 9.94. The number of rotatable bonds is 6. The smallest absolute Gasteiger partial charge is 0.407 e. The second-order valence-corrected chi connectivity index (χ2v) is 9.11. The molecule has 8 nitrogen and oxygen atoms in total. The van der Waals surface area contributed by atoms with Crippen LogP contribution >= 0.6 is 0 Å². The van der Waals surface area contributed by atoms with E-state index in [1.807, 2.05) is 26.8 Å². The Labute approximate surface area is 182 Å². The number of ether oxygens (including phenoxy) is 1. The molecular weight excluding hydrogens is 396 g/mol. The Morgan fingerprint density at radius 1 is 1.19 bits per heavy atom. The summed E-state index contributed by atoms with van der Waals surface area (Å²) in [6.07, 6.45) is 5.19. The van der Waals surface area contributed by atoms with Gasteiger partial charge in [-0.05, 0) is 51.7 Å². The van der Waals surface area contributed by atoms with E-state index in [1.165, 1.54) is 10.9 Å². The van der Waals surface area contributed by atoms with Crippen molar-refractivity contribution < 1.29 is 14.3 Å². The first-order valence-electron chi connectivity index (χ1n) is 10.9. The minimum atomic E-state index is -0.542. The molecule has 1 aliphatic carbocycles. The zero-order valence-electron chi connectivity index (χ0n) is 18.5. The highest BCUT2D eigenvalue weighted by Crippen LogP contribution is 2.24. The molecule has 0 unspecified atom stereocenters. The number of carbonyl (C=O) groups is 2. The highest BCUT2D eigenvalue weighted by Gasteiger charge is 2.27. The second-order valence-electron chi connectivity index (χ2n) is 9.11. The van der Waals surface area contributed by atoms with Crippen molar-refractivity contribution in [3.05, 3.63) is 40.9 Å². The number of hydrogen-bond acceptors (Lipinski definition) is 5. The van der Waals surface area contributed by atoms with Crippen LogP contribution in [-0.2, 0) is 16.1 Å². The summed E-state index contributed by atoms with van der Waals surface area (Å²) < 4.78 is 6.78. The van der Waals surface area contributed by atoms with Gasteiger partial charge in [0, 0.05) is 25.6 Å². The molecule has 1 fully saturated rings. The number of nitrogens with one attached hydrogen (secondary N) is 2. The van der Waals surface area contributed by atoms with Crippen LogP contribution in [0.2, 0.25) is 0 Å². The maximum Gasteiger partial charge on any atom is 0.407 e. The van der Waals surface area contributed by atoms with Gasteiger partial charge in [-0.15, -0.1) is 0 Å². The van der Waals surface area contributed by atoms with Crippen LogP contribution < -0.4 is 16.2 Å². The first-order valence-corrected chi connectivity index (χ1v) is 10.9. The molecule has 2 aromatic rings. The van der Waals surface area contributed by atoms with Crippen molar-refractivity contribution in [3.8, 4) is 0 Å². The number of fused-ring (bicyclic) bond motifs is 1. The molecule has 2 amide bonds. The van der Waals surface area contributed by atoms with Crippen LogP contribution in [0, 0.1) is 5.92 Å². The van der Waals surface area contributed by atoms with Crippen LogP contribution in [0.3, 0.4) is 0 Å². The zero-order chi connectivity index (χ0) is 22.4. The molecule has 2 N–H and O–H groups in total. The lowest BCUT2D eigenvalue weighted by Crippen LogP contribution is -2.47. The Bertz CT molecular complexity index is 979.